The number of hydrogen-bond donors (Lipinski definition) is 0. The van der Waals surface area contributed by atoms with Gasteiger partial charge in [-0.1, -0.05) is 0 Å². The quantitative estimate of drug-likeness (QED) is 0.340. The van der Waals surface area contributed by atoms with E-state index in [1.165, 1.54) is 0 Å². The predicted molar refractivity (Wildman–Crippen MR) is 11.5 cm³/mol. The van der Waals surface area contributed by atoms with Crippen molar-refractivity contribution in [2.24, 2.45) is 0 Å². The molecule has 0 aromatic rings. The molecule has 0 spiro atoms. The molecule has 0 heterocycles. The summed E-state index contributed by atoms with van der Waals surface area (Å²) in [4.78, 5) is 0. The summed E-state index contributed by atoms with van der Waals surface area (Å²) in [7, 11) is 0. The Hall–Kier alpha value is 3.22. The van der Waals surface area contributed by atoms with Crippen LogP contribution in [0.5, 0.6) is 0 Å². The van der Waals surface area contributed by atoms with E-state index in [2.05, 4.69) is 0 Å². The maximum atomic E-state index is 0. The van der Waals surface area contributed by atoms with Gasteiger partial charge in [-0.3, -0.25) is 0 Å². The fourth-order valence-electron chi connectivity index (χ4n) is 0. The van der Waals surface area contributed by atoms with Crippen molar-refractivity contribution in [1.29, 1.82) is 0 Å². The van der Waals surface area contributed by atoms with E-state index in [4.69, 9.17) is 0 Å². The second kappa shape index (κ2) is 16.3. The van der Waals surface area contributed by atoms with E-state index in [0.29, 0.717) is 0 Å². The van der Waals surface area contributed by atoms with Crippen LogP contribution in [0, 0.1) is 0 Å². The van der Waals surface area contributed by atoms with Crippen LogP contribution >= 0.6 is 0 Å². The minimum atomic E-state index is 0. The first kappa shape index (κ1) is 26.9. The SMILES string of the molecule is [Ni].[Pb].[Pb].[Zr]. The summed E-state index contributed by atoms with van der Waals surface area (Å²) in [5.74, 6) is 0. The molecule has 4 heteroatoms. The third-order valence-corrected chi connectivity index (χ3v) is 0. The van der Waals surface area contributed by atoms with Gasteiger partial charge in [0.15, 0.2) is 0 Å². The maximum Gasteiger partial charge on any atom is 0 e. The van der Waals surface area contributed by atoms with Gasteiger partial charge in [-0.15, -0.1) is 0 Å². The molecule has 0 unspecified atom stereocenters. The van der Waals surface area contributed by atoms with Crippen LogP contribution in [0.4, 0.5) is 0 Å². The first-order valence-electron chi connectivity index (χ1n) is 0. The zero-order valence-corrected chi connectivity index (χ0v) is 13.0. The van der Waals surface area contributed by atoms with Gasteiger partial charge in [-0.05, 0) is 0 Å². The van der Waals surface area contributed by atoms with Crippen molar-refractivity contribution in [3.05, 3.63) is 0 Å². The Morgan fingerprint density at radius 2 is 0.750 bits per heavy atom. The van der Waals surface area contributed by atoms with Crippen molar-refractivity contribution in [3.63, 3.8) is 0 Å². The fourth-order valence-corrected chi connectivity index (χ4v) is 0. The van der Waals surface area contributed by atoms with Gasteiger partial charge in [-0.2, -0.15) is 0 Å². The maximum absolute atomic E-state index is 0. The summed E-state index contributed by atoms with van der Waals surface area (Å²) in [5.41, 5.74) is 0. The Labute approximate surface area is 95.2 Å². The summed E-state index contributed by atoms with van der Waals surface area (Å²) < 4.78 is 0. The predicted octanol–water partition coefficient (Wildman–Crippen LogP) is -0.767. The molecule has 0 rings (SSSR count). The molecule has 22 valence electrons. The van der Waals surface area contributed by atoms with Crippen LogP contribution in [0.15, 0.2) is 0 Å². The van der Waals surface area contributed by atoms with E-state index in [9.17, 15) is 0 Å². The molecule has 0 saturated heterocycles. The van der Waals surface area contributed by atoms with Crippen LogP contribution in [0.3, 0.4) is 0 Å². The summed E-state index contributed by atoms with van der Waals surface area (Å²) in [6.45, 7) is 0. The van der Waals surface area contributed by atoms with Crippen LogP contribution in [-0.4, -0.2) is 54.6 Å². The van der Waals surface area contributed by atoms with E-state index in [1.807, 2.05) is 0 Å². The second-order valence-corrected chi connectivity index (χ2v) is 0. The monoisotopic (exact) mass is 564 g/mol. The van der Waals surface area contributed by atoms with Gasteiger partial charge < -0.3 is 0 Å². The third kappa shape index (κ3) is 8.97. The fraction of sp³-hybridized carbons (Fsp3) is 0. The van der Waals surface area contributed by atoms with Crippen LogP contribution in [0.25, 0.3) is 0 Å². The summed E-state index contributed by atoms with van der Waals surface area (Å²) in [5, 5.41) is 0. The van der Waals surface area contributed by atoms with Crippen molar-refractivity contribution in [1.82, 2.24) is 0 Å². The Kier molecular flexibility index (Phi) is 110. The summed E-state index contributed by atoms with van der Waals surface area (Å²) in [6.07, 6.45) is 0. The molecule has 0 amide bonds. The van der Waals surface area contributed by atoms with Gasteiger partial charge in [-0.25, -0.2) is 0 Å². The summed E-state index contributed by atoms with van der Waals surface area (Å²) in [6, 6.07) is 0. The number of rotatable bonds is 0. The Morgan fingerprint density at radius 3 is 0.750 bits per heavy atom. The molecule has 0 N–H and O–H groups in total. The molecule has 8 radical (unpaired) electrons. The molecular weight excluding hydrogens is 564 g/mol. The first-order chi connectivity index (χ1) is 0. The smallest absolute Gasteiger partial charge is 0 e. The van der Waals surface area contributed by atoms with Gasteiger partial charge in [0, 0.05) is 97.3 Å². The van der Waals surface area contributed by atoms with Crippen molar-refractivity contribution >= 4 is 54.6 Å². The van der Waals surface area contributed by atoms with Gasteiger partial charge >= 0.3 is 0 Å². The van der Waals surface area contributed by atoms with Crippen molar-refractivity contribution in [2.75, 3.05) is 0 Å². The summed E-state index contributed by atoms with van der Waals surface area (Å²) >= 11 is 0. The van der Waals surface area contributed by atoms with Crippen molar-refractivity contribution < 1.29 is 42.7 Å². The first-order valence-corrected chi connectivity index (χ1v) is 0. The molecule has 0 aromatic heterocycles. The molecular formula is NiPb2Zr. The van der Waals surface area contributed by atoms with E-state index in [-0.39, 0.29) is 97.3 Å². The van der Waals surface area contributed by atoms with Gasteiger partial charge in [0.25, 0.3) is 0 Å². The van der Waals surface area contributed by atoms with E-state index >= 15 is 0 Å². The van der Waals surface area contributed by atoms with E-state index in [1.54, 1.807) is 0 Å². The molecule has 4 heavy (non-hydrogen) atoms. The molecule has 0 nitrogen and oxygen atoms in total. The molecule has 0 aliphatic heterocycles. The Morgan fingerprint density at radius 1 is 0.750 bits per heavy atom. The standard InChI is InChI=1S/Ni.2Pb.Zr. The zero-order valence-electron chi connectivity index (χ0n) is 1.82. The van der Waals surface area contributed by atoms with E-state index in [0.717, 1.165) is 0 Å². The molecule has 0 atom stereocenters. The zero-order chi connectivity index (χ0) is 0. The van der Waals surface area contributed by atoms with Crippen LogP contribution in [-0.2, 0) is 42.7 Å². The minimum absolute atomic E-state index is 0. The molecule has 0 bridgehead atoms. The molecule has 0 saturated carbocycles. The molecule has 0 fully saturated rings. The average Bonchev–Trinajstić information content (AvgIpc) is 0. The normalized spacial score (nSPS) is 0. The van der Waals surface area contributed by atoms with Crippen LogP contribution < -0.4 is 0 Å². The van der Waals surface area contributed by atoms with Crippen molar-refractivity contribution in [2.45, 2.75) is 0 Å². The van der Waals surface area contributed by atoms with E-state index < -0.39 is 0 Å². The molecule has 0 aliphatic carbocycles. The van der Waals surface area contributed by atoms with Gasteiger partial charge in [0.2, 0.25) is 0 Å². The largest absolute Gasteiger partial charge is 0 e. The second-order valence-electron chi connectivity index (χ2n) is 0. The minimum Gasteiger partial charge on any atom is 0 e. The van der Waals surface area contributed by atoms with Crippen LogP contribution in [0.2, 0.25) is 0 Å². The van der Waals surface area contributed by atoms with Gasteiger partial charge in [0.05, 0.1) is 0 Å². The number of hydrogen-bond acceptors (Lipinski definition) is 0. The molecule has 0 aromatic carbocycles. The Balaban J connectivity index is 0. The van der Waals surface area contributed by atoms with Crippen molar-refractivity contribution in [3.8, 4) is 0 Å². The molecule has 0 aliphatic rings. The Bertz CT molecular complexity index is 6.00. The van der Waals surface area contributed by atoms with Crippen LogP contribution in [0.1, 0.15) is 0 Å². The third-order valence-electron chi connectivity index (χ3n) is 0. The van der Waals surface area contributed by atoms with Gasteiger partial charge in [0.1, 0.15) is 0 Å². The topological polar surface area (TPSA) is 0 Å². The average molecular weight is 564 g/mol.